The van der Waals surface area contributed by atoms with E-state index in [0.717, 1.165) is 18.2 Å². The van der Waals surface area contributed by atoms with E-state index < -0.39 is 58.7 Å². The zero-order chi connectivity index (χ0) is 30.2. The van der Waals surface area contributed by atoms with Gasteiger partial charge < -0.3 is 5.32 Å². The number of allylic oxidation sites excluding steroid dienone is 1. The highest BCUT2D eigenvalue weighted by molar-refractivity contribution is 6.48. The molecule has 3 rings (SSSR count). The van der Waals surface area contributed by atoms with E-state index in [2.05, 4.69) is 15.3 Å². The summed E-state index contributed by atoms with van der Waals surface area (Å²) in [5.74, 6) is -4.62. The van der Waals surface area contributed by atoms with Gasteiger partial charge in [0.05, 0.1) is 27.2 Å². The van der Waals surface area contributed by atoms with Gasteiger partial charge in [0.1, 0.15) is 23.4 Å². The summed E-state index contributed by atoms with van der Waals surface area (Å²) < 4.78 is 98.1. The molecular formula is C26H19Cl3F7N3O. The van der Waals surface area contributed by atoms with E-state index in [1.807, 2.05) is 0 Å². The van der Waals surface area contributed by atoms with Crippen LogP contribution in [0.25, 0.3) is 5.83 Å². The fraction of sp³-hybridized carbons (Fsp3) is 0.269. The number of Topliss-reactive ketones (excluding diaryl/α,β-unsaturated/α-hetero) is 1. The molecular weight excluding hydrogens is 610 g/mol. The molecule has 2 aromatic carbocycles. The van der Waals surface area contributed by atoms with Gasteiger partial charge in [-0.3, -0.25) is 4.79 Å². The monoisotopic (exact) mass is 627 g/mol. The number of aromatic nitrogens is 2. The number of aryl methyl sites for hydroxylation is 2. The van der Waals surface area contributed by atoms with Crippen LogP contribution in [0.5, 0.6) is 0 Å². The van der Waals surface area contributed by atoms with Crippen molar-refractivity contribution in [2.45, 2.75) is 39.0 Å². The lowest BCUT2D eigenvalue weighted by atomic mass is 9.95. The van der Waals surface area contributed by atoms with Gasteiger partial charge in [0.25, 0.3) is 0 Å². The standard InChI is InChI=1S/C26H19Cl3F7N3O/c1-11-12(2)38-13(3)39-24(11)37-10-22(40)16-5-4-14(6-18(16)26(34,35)36)21(30)9-17(25(31,32)33)15-7-19(27)23(29)20(28)8-15/h4-9,17H,10H2,1-3H3,(H,37,38,39)/b21-9-. The van der Waals surface area contributed by atoms with Gasteiger partial charge in [0, 0.05) is 22.4 Å². The number of hydrogen-bond donors (Lipinski definition) is 1. The Bertz CT molecular complexity index is 1460. The van der Waals surface area contributed by atoms with E-state index in [4.69, 9.17) is 34.8 Å². The maximum atomic E-state index is 15.1. The Morgan fingerprint density at radius 3 is 2.12 bits per heavy atom. The molecule has 1 unspecified atom stereocenters. The van der Waals surface area contributed by atoms with Gasteiger partial charge in [-0.1, -0.05) is 46.9 Å². The molecule has 0 aliphatic carbocycles. The van der Waals surface area contributed by atoms with Crippen LogP contribution >= 0.6 is 34.8 Å². The quantitative estimate of drug-likeness (QED) is 0.161. The van der Waals surface area contributed by atoms with Gasteiger partial charge in [0.15, 0.2) is 5.78 Å². The van der Waals surface area contributed by atoms with Crippen molar-refractivity contribution in [1.82, 2.24) is 9.97 Å². The van der Waals surface area contributed by atoms with Gasteiger partial charge >= 0.3 is 12.4 Å². The first kappa shape index (κ1) is 31.6. The third-order valence-corrected chi connectivity index (χ3v) is 7.05. The summed E-state index contributed by atoms with van der Waals surface area (Å²) in [7, 11) is 0. The lowest BCUT2D eigenvalue weighted by Crippen LogP contribution is -2.21. The van der Waals surface area contributed by atoms with Gasteiger partial charge in [-0.15, -0.1) is 0 Å². The maximum absolute atomic E-state index is 15.1. The van der Waals surface area contributed by atoms with Crippen LogP contribution in [0.3, 0.4) is 0 Å². The smallest absolute Gasteiger partial charge is 0.362 e. The molecule has 0 spiro atoms. The molecule has 1 heterocycles. The summed E-state index contributed by atoms with van der Waals surface area (Å²) in [4.78, 5) is 21.0. The van der Waals surface area contributed by atoms with Crippen LogP contribution in [0.4, 0.5) is 36.6 Å². The second kappa shape index (κ2) is 11.9. The van der Waals surface area contributed by atoms with Gasteiger partial charge in [-0.2, -0.15) is 26.3 Å². The fourth-order valence-electron chi connectivity index (χ4n) is 3.75. The molecule has 0 radical (unpaired) electrons. The van der Waals surface area contributed by atoms with E-state index in [1.54, 1.807) is 20.8 Å². The number of carbonyl (C=O) groups excluding carboxylic acids is 1. The molecule has 0 saturated carbocycles. The number of nitrogens with one attached hydrogen (secondary N) is 1. The summed E-state index contributed by atoms with van der Waals surface area (Å²) in [6.07, 6.45) is -10.1. The number of carbonyl (C=O) groups is 1. The summed E-state index contributed by atoms with van der Waals surface area (Å²) >= 11 is 17.4. The van der Waals surface area contributed by atoms with Crippen molar-refractivity contribution in [1.29, 1.82) is 0 Å². The van der Waals surface area contributed by atoms with Crippen molar-refractivity contribution in [2.24, 2.45) is 0 Å². The third kappa shape index (κ3) is 7.24. The number of nitrogens with zero attached hydrogens (tertiary/aromatic N) is 2. The first-order valence-electron chi connectivity index (χ1n) is 11.3. The number of alkyl halides is 6. The number of rotatable bonds is 7. The van der Waals surface area contributed by atoms with E-state index in [1.165, 1.54) is 0 Å². The topological polar surface area (TPSA) is 54.9 Å². The van der Waals surface area contributed by atoms with E-state index in [-0.39, 0.29) is 33.0 Å². The van der Waals surface area contributed by atoms with Gasteiger partial charge in [-0.05, 0) is 50.6 Å². The lowest BCUT2D eigenvalue weighted by Gasteiger charge is -2.19. The average Bonchev–Trinajstić information content (AvgIpc) is 2.84. The van der Waals surface area contributed by atoms with Crippen LogP contribution in [0.15, 0.2) is 36.4 Å². The maximum Gasteiger partial charge on any atom is 0.417 e. The second-order valence-corrected chi connectivity index (χ2v) is 9.89. The number of anilines is 1. The number of halogens is 10. The predicted octanol–water partition coefficient (Wildman–Crippen LogP) is 9.33. The Kier molecular flexibility index (Phi) is 9.43. The molecule has 1 atom stereocenters. The zero-order valence-electron chi connectivity index (χ0n) is 20.8. The molecule has 0 bridgehead atoms. The van der Waals surface area contributed by atoms with Crippen LogP contribution in [-0.4, -0.2) is 28.5 Å². The number of hydrogen-bond acceptors (Lipinski definition) is 4. The summed E-state index contributed by atoms with van der Waals surface area (Å²) in [5.41, 5.74) is -2.55. The Hall–Kier alpha value is -2.89. The van der Waals surface area contributed by atoms with Crippen LogP contribution in [0.2, 0.25) is 15.1 Å². The van der Waals surface area contributed by atoms with Crippen LogP contribution in [-0.2, 0) is 6.18 Å². The molecule has 14 heteroatoms. The molecule has 0 amide bonds. The SMILES string of the molecule is Cc1nc(C)c(C)c(NCC(=O)c2ccc(/C(F)=C/C(c3cc(Cl)c(Cl)c(Cl)c3)C(F)(F)F)cc2C(F)(F)F)n1. The largest absolute Gasteiger partial charge is 0.417 e. The first-order chi connectivity index (χ1) is 18.4. The highest BCUT2D eigenvalue weighted by Gasteiger charge is 2.41. The zero-order valence-corrected chi connectivity index (χ0v) is 23.1. The highest BCUT2D eigenvalue weighted by atomic mass is 35.5. The first-order valence-corrected chi connectivity index (χ1v) is 12.4. The van der Waals surface area contributed by atoms with Crippen molar-refractivity contribution in [2.75, 3.05) is 11.9 Å². The van der Waals surface area contributed by atoms with E-state index in [9.17, 15) is 31.1 Å². The Balaban J connectivity index is 1.99. The van der Waals surface area contributed by atoms with Crippen molar-refractivity contribution < 1.29 is 35.5 Å². The van der Waals surface area contributed by atoms with Crippen molar-refractivity contribution in [3.05, 3.63) is 90.8 Å². The molecule has 4 nitrogen and oxygen atoms in total. The minimum Gasteiger partial charge on any atom is -0.362 e. The molecule has 1 aromatic heterocycles. The predicted molar refractivity (Wildman–Crippen MR) is 140 cm³/mol. The molecule has 1 N–H and O–H groups in total. The molecule has 214 valence electrons. The highest BCUT2D eigenvalue weighted by Crippen LogP contribution is 2.43. The molecule has 0 saturated heterocycles. The fourth-order valence-corrected chi connectivity index (χ4v) is 4.36. The second-order valence-electron chi connectivity index (χ2n) is 8.70. The van der Waals surface area contributed by atoms with Crippen LogP contribution < -0.4 is 5.32 Å². The minimum absolute atomic E-state index is 0.0942. The molecule has 3 aromatic rings. The van der Waals surface area contributed by atoms with Crippen molar-refractivity contribution in [3.63, 3.8) is 0 Å². The summed E-state index contributed by atoms with van der Waals surface area (Å²) in [6, 6.07) is 3.43. The third-order valence-electron chi connectivity index (χ3n) is 5.85. The van der Waals surface area contributed by atoms with Crippen LogP contribution in [0, 0.1) is 20.8 Å². The Morgan fingerprint density at radius 1 is 0.975 bits per heavy atom. The van der Waals surface area contributed by atoms with Crippen molar-refractivity contribution >= 4 is 52.2 Å². The number of ketones is 1. The minimum atomic E-state index is -5.13. The summed E-state index contributed by atoms with van der Waals surface area (Å²) in [5, 5.41) is 1.80. The number of benzene rings is 2. The Labute approximate surface area is 239 Å². The summed E-state index contributed by atoms with van der Waals surface area (Å²) in [6.45, 7) is 4.36. The van der Waals surface area contributed by atoms with E-state index >= 15 is 4.39 Å². The van der Waals surface area contributed by atoms with E-state index in [0.29, 0.717) is 23.1 Å². The Morgan fingerprint density at radius 2 is 1.57 bits per heavy atom. The molecule has 0 fully saturated rings. The normalized spacial score (nSPS) is 13.4. The molecule has 0 aliphatic rings. The van der Waals surface area contributed by atoms with Gasteiger partial charge in [0.2, 0.25) is 0 Å². The van der Waals surface area contributed by atoms with Gasteiger partial charge in [-0.25, -0.2) is 14.4 Å². The molecule has 40 heavy (non-hydrogen) atoms. The average molecular weight is 629 g/mol. The molecule has 0 aliphatic heterocycles. The van der Waals surface area contributed by atoms with Crippen molar-refractivity contribution in [3.8, 4) is 0 Å². The van der Waals surface area contributed by atoms with Crippen LogP contribution in [0.1, 0.15) is 50.0 Å². The lowest BCUT2D eigenvalue weighted by molar-refractivity contribution is -0.140.